The van der Waals surface area contributed by atoms with Gasteiger partial charge in [0, 0.05) is 24.5 Å². The molecule has 7 atom stereocenters. The lowest BCUT2D eigenvalue weighted by atomic mass is 9.85. The molecule has 1 saturated heterocycles. The van der Waals surface area contributed by atoms with Crippen molar-refractivity contribution in [2.24, 2.45) is 17.8 Å². The fraction of sp³-hybridized carbons (Fsp3) is 0.659. The summed E-state index contributed by atoms with van der Waals surface area (Å²) in [6.07, 6.45) is 0.109. The number of hydrogen-bond acceptors (Lipinski definition) is 12. The van der Waals surface area contributed by atoms with Gasteiger partial charge in [-0.15, -0.1) is 0 Å². The van der Waals surface area contributed by atoms with Crippen LogP contribution in [0, 0.1) is 17.8 Å². The molecule has 61 heavy (non-hydrogen) atoms. The highest BCUT2D eigenvalue weighted by atomic mass is 32.2. The lowest BCUT2D eigenvalue weighted by Gasteiger charge is -2.34. The predicted octanol–water partition coefficient (Wildman–Crippen LogP) is 5.18. The number of carbonyl (C=O) groups excluding carboxylic acids is 4. The van der Waals surface area contributed by atoms with Crippen molar-refractivity contribution < 1.29 is 59.7 Å². The molecule has 2 aromatic rings. The number of sulfonamides is 1. The van der Waals surface area contributed by atoms with Crippen molar-refractivity contribution in [1.29, 1.82) is 0 Å². The molecule has 336 valence electrons. The topological polar surface area (TPSA) is 204 Å². The molecule has 0 bridgehead atoms. The van der Waals surface area contributed by atoms with Crippen molar-refractivity contribution in [2.75, 3.05) is 20.8 Å². The summed E-state index contributed by atoms with van der Waals surface area (Å²) in [6, 6.07) is 0.0671. The Morgan fingerprint density at radius 2 is 1.70 bits per heavy atom. The largest absolute Gasteiger partial charge is 0.493 e. The van der Waals surface area contributed by atoms with Gasteiger partial charge in [0.25, 0.3) is 5.91 Å². The van der Waals surface area contributed by atoms with E-state index in [4.69, 9.17) is 18.9 Å². The number of methoxy groups -OCH3 is 2. The van der Waals surface area contributed by atoms with Gasteiger partial charge in [-0.3, -0.25) is 19.1 Å². The van der Waals surface area contributed by atoms with Gasteiger partial charge in [-0.25, -0.2) is 23.2 Å². The molecule has 3 fully saturated rings. The maximum Gasteiger partial charge on any atom is 0.438 e. The van der Waals surface area contributed by atoms with E-state index in [9.17, 15) is 40.8 Å². The SMILES string of the molecule is CCC1CC(C)CCC=CC2CC2(C(=O)NS(=O)(=O)C2(C)CC2)NC(=O)C2CC(Oc3cc4nc(OC)c(C(F)(F)F)nc4cc3OC)CN2C(=O)C1NC(=O)OC(C)(C)C. The number of nitrogens with one attached hydrogen (secondary N) is 3. The maximum atomic E-state index is 15.0. The number of hydrogen-bond donors (Lipinski definition) is 3. The molecule has 20 heteroatoms. The van der Waals surface area contributed by atoms with Gasteiger partial charge in [-0.05, 0) is 78.1 Å². The number of allylic oxidation sites excluding steroid dienone is 1. The van der Waals surface area contributed by atoms with Gasteiger partial charge >= 0.3 is 12.3 Å². The number of fused-ring (bicyclic) bond motifs is 3. The number of amides is 4. The van der Waals surface area contributed by atoms with Crippen molar-refractivity contribution in [2.45, 2.75) is 133 Å². The van der Waals surface area contributed by atoms with Gasteiger partial charge in [0.05, 0.1) is 36.5 Å². The number of halogens is 3. The minimum Gasteiger partial charge on any atom is -0.493 e. The monoisotopic (exact) mass is 880 g/mol. The summed E-state index contributed by atoms with van der Waals surface area (Å²) in [5.41, 5.74) is -4.07. The summed E-state index contributed by atoms with van der Waals surface area (Å²) in [6.45, 7) is 10.3. The first kappa shape index (κ1) is 45.6. The minimum absolute atomic E-state index is 0.0115. The van der Waals surface area contributed by atoms with Crippen LogP contribution in [0.1, 0.15) is 98.6 Å². The minimum atomic E-state index is -4.87. The summed E-state index contributed by atoms with van der Waals surface area (Å²) in [7, 11) is -1.77. The lowest BCUT2D eigenvalue weighted by Crippen LogP contribution is -2.59. The highest BCUT2D eigenvalue weighted by molar-refractivity contribution is 7.91. The highest BCUT2D eigenvalue weighted by Crippen LogP contribution is 2.48. The number of nitrogens with zero attached hydrogens (tertiary/aromatic N) is 3. The fourth-order valence-corrected chi connectivity index (χ4v) is 9.37. The third kappa shape index (κ3) is 9.78. The van der Waals surface area contributed by atoms with Crippen LogP contribution in [0.3, 0.4) is 0 Å². The van der Waals surface area contributed by atoms with Crippen LogP contribution in [0.2, 0.25) is 0 Å². The molecule has 3 N–H and O–H groups in total. The van der Waals surface area contributed by atoms with Gasteiger partial charge in [0.2, 0.25) is 33.4 Å². The molecule has 4 amide bonds. The zero-order chi connectivity index (χ0) is 44.9. The Kier molecular flexibility index (Phi) is 12.5. The molecule has 16 nitrogen and oxygen atoms in total. The Morgan fingerprint density at radius 1 is 1.03 bits per heavy atom. The zero-order valence-electron chi connectivity index (χ0n) is 35.6. The van der Waals surface area contributed by atoms with Gasteiger partial charge in [0.15, 0.2) is 11.5 Å². The smallest absolute Gasteiger partial charge is 0.438 e. The molecule has 1 aromatic heterocycles. The Bertz CT molecular complexity index is 2190. The average molecular weight is 881 g/mol. The number of alkyl carbamates (subject to hydrolysis) is 1. The fourth-order valence-electron chi connectivity index (χ4n) is 8.06. The first-order valence-electron chi connectivity index (χ1n) is 20.5. The van der Waals surface area contributed by atoms with Crippen LogP contribution in [0.15, 0.2) is 24.3 Å². The van der Waals surface area contributed by atoms with Crippen LogP contribution >= 0.6 is 0 Å². The number of carbonyl (C=O) groups is 4. The normalized spacial score (nSPS) is 28.0. The molecular formula is C41H55F3N6O10S. The Balaban J connectivity index is 1.39. The van der Waals surface area contributed by atoms with Gasteiger partial charge in [-0.2, -0.15) is 13.2 Å². The second kappa shape index (κ2) is 16.8. The van der Waals surface area contributed by atoms with E-state index in [2.05, 4.69) is 25.3 Å². The summed E-state index contributed by atoms with van der Waals surface area (Å²) in [5.74, 6) is -3.89. The van der Waals surface area contributed by atoms with Gasteiger partial charge in [-0.1, -0.05) is 32.4 Å². The van der Waals surface area contributed by atoms with Crippen LogP contribution in [0.5, 0.6) is 17.4 Å². The van der Waals surface area contributed by atoms with E-state index in [1.165, 1.54) is 24.1 Å². The summed E-state index contributed by atoms with van der Waals surface area (Å²) in [5, 5.41) is 5.62. The third-order valence-corrected chi connectivity index (χ3v) is 14.1. The second-order valence-electron chi connectivity index (χ2n) is 17.8. The van der Waals surface area contributed by atoms with E-state index in [0.29, 0.717) is 38.5 Å². The third-order valence-electron chi connectivity index (χ3n) is 12.0. The van der Waals surface area contributed by atoms with E-state index in [1.807, 2.05) is 26.0 Å². The average Bonchev–Trinajstić information content (AvgIpc) is 4.05. The summed E-state index contributed by atoms with van der Waals surface area (Å²) >= 11 is 0. The molecule has 2 saturated carbocycles. The van der Waals surface area contributed by atoms with Crippen molar-refractivity contribution in [3.63, 3.8) is 0 Å². The molecule has 2 aliphatic heterocycles. The Hall–Kier alpha value is -4.88. The number of ether oxygens (including phenoxy) is 4. The molecule has 0 spiro atoms. The summed E-state index contributed by atoms with van der Waals surface area (Å²) < 4.78 is 91.3. The Labute approximate surface area is 353 Å². The molecule has 7 unspecified atom stereocenters. The van der Waals surface area contributed by atoms with E-state index in [-0.39, 0.29) is 47.8 Å². The van der Waals surface area contributed by atoms with Crippen molar-refractivity contribution >= 4 is 44.9 Å². The van der Waals surface area contributed by atoms with Crippen LogP contribution in [-0.4, -0.2) is 102 Å². The molecule has 0 radical (unpaired) electrons. The van der Waals surface area contributed by atoms with Crippen molar-refractivity contribution in [1.82, 2.24) is 30.2 Å². The highest BCUT2D eigenvalue weighted by Gasteiger charge is 2.63. The summed E-state index contributed by atoms with van der Waals surface area (Å²) in [4.78, 5) is 65.9. The second-order valence-corrected chi connectivity index (χ2v) is 20.0. The van der Waals surface area contributed by atoms with E-state index in [1.54, 1.807) is 27.7 Å². The maximum absolute atomic E-state index is 15.0. The van der Waals surface area contributed by atoms with Crippen LogP contribution in [0.4, 0.5) is 18.0 Å². The van der Waals surface area contributed by atoms with Crippen molar-refractivity contribution in [3.05, 3.63) is 30.0 Å². The van der Waals surface area contributed by atoms with Crippen molar-refractivity contribution in [3.8, 4) is 17.4 Å². The Morgan fingerprint density at radius 3 is 2.31 bits per heavy atom. The lowest BCUT2D eigenvalue weighted by molar-refractivity contribution is -0.142. The zero-order valence-corrected chi connectivity index (χ0v) is 36.4. The molecular weight excluding hydrogens is 826 g/mol. The predicted molar refractivity (Wildman–Crippen MR) is 215 cm³/mol. The number of benzene rings is 1. The molecule has 1 aromatic carbocycles. The molecule has 4 aliphatic rings. The van der Waals surface area contributed by atoms with E-state index >= 15 is 0 Å². The molecule has 2 aliphatic carbocycles. The van der Waals surface area contributed by atoms with Crippen LogP contribution in [-0.2, 0) is 35.3 Å². The van der Waals surface area contributed by atoms with Crippen LogP contribution < -0.4 is 29.6 Å². The van der Waals surface area contributed by atoms with Gasteiger partial charge < -0.3 is 34.5 Å². The molecule has 3 heterocycles. The molecule has 6 rings (SSSR count). The first-order valence-corrected chi connectivity index (χ1v) is 22.0. The van der Waals surface area contributed by atoms with Gasteiger partial charge in [0.1, 0.15) is 29.3 Å². The number of rotatable bonds is 9. The van der Waals surface area contributed by atoms with Crippen LogP contribution in [0.25, 0.3) is 11.0 Å². The van der Waals surface area contributed by atoms with E-state index < -0.39 is 97.5 Å². The number of alkyl halides is 3. The number of aromatic nitrogens is 2. The quantitative estimate of drug-likeness (QED) is 0.279. The van der Waals surface area contributed by atoms with E-state index in [0.717, 1.165) is 7.11 Å². The standard InChI is InChI=1S/C41H55F3N6O10S/c1-9-23-16-22(2)12-10-11-13-24-20-40(24,36(53)49-61(55,56)39(6)14-15-39)48-33(51)28-17-25(21-50(28)35(52)31(23)47-37(54)60-38(3,4)5)59-30-19-27-26(18-29(30)57-7)45-32(41(42,43)44)34(46-27)58-8/h11,13,18-19,22-25,28,31H,9-10,12,14-17,20-21H2,1-8H3,(H,47,54)(H,48,51)(H,49,53). The first-order chi connectivity index (χ1) is 28.4.